The van der Waals surface area contributed by atoms with Gasteiger partial charge >= 0.3 is 0 Å². The molecule has 0 saturated carbocycles. The lowest BCUT2D eigenvalue weighted by Crippen LogP contribution is -2.63. The molecule has 1 spiro atoms. The molecule has 1 N–H and O–H groups in total. The van der Waals surface area contributed by atoms with Gasteiger partial charge in [0.1, 0.15) is 5.75 Å². The van der Waals surface area contributed by atoms with Crippen molar-refractivity contribution in [1.29, 1.82) is 0 Å². The minimum atomic E-state index is -1.61. The first-order chi connectivity index (χ1) is 18.5. The third-order valence-electron chi connectivity index (χ3n) is 6.94. The Hall–Kier alpha value is -5.18. The quantitative estimate of drug-likeness (QED) is 0.299. The van der Waals surface area contributed by atoms with Crippen molar-refractivity contribution in [2.75, 3.05) is 22.2 Å². The average molecular weight is 507 g/mol. The number of anilines is 3. The number of benzene rings is 4. The molecule has 0 fully saturated rings. The molecule has 9 nitrogen and oxygen atoms in total. The van der Waals surface area contributed by atoms with Gasteiger partial charge in [0.15, 0.2) is 0 Å². The SMILES string of the molecule is COc1ccccc1N1C(=O)c2ccccc2N[C@@]12C(=O)N(Cc1cccc([N+](=O)[O-])c1)c1ccccc12. The monoisotopic (exact) mass is 506 g/mol. The summed E-state index contributed by atoms with van der Waals surface area (Å²) in [6, 6.07) is 27.6. The number of para-hydroxylation sites is 4. The highest BCUT2D eigenvalue weighted by molar-refractivity contribution is 6.22. The lowest BCUT2D eigenvalue weighted by atomic mass is 9.92. The van der Waals surface area contributed by atoms with Gasteiger partial charge in [-0.1, -0.05) is 54.6 Å². The first kappa shape index (κ1) is 23.2. The molecule has 2 amide bonds. The summed E-state index contributed by atoms with van der Waals surface area (Å²) in [5.74, 6) is -0.313. The summed E-state index contributed by atoms with van der Waals surface area (Å²) in [6.07, 6.45) is 0. The van der Waals surface area contributed by atoms with Crippen molar-refractivity contribution in [3.63, 3.8) is 0 Å². The predicted octanol–water partition coefficient (Wildman–Crippen LogP) is 5.08. The third kappa shape index (κ3) is 3.32. The molecule has 0 aromatic heterocycles. The van der Waals surface area contributed by atoms with Gasteiger partial charge in [-0.2, -0.15) is 0 Å². The summed E-state index contributed by atoms with van der Waals surface area (Å²) < 4.78 is 5.61. The molecule has 0 saturated heterocycles. The second-order valence-corrected chi connectivity index (χ2v) is 9.03. The molecule has 0 radical (unpaired) electrons. The van der Waals surface area contributed by atoms with Crippen LogP contribution in [0.25, 0.3) is 0 Å². The molecular formula is C29H22N4O5. The van der Waals surface area contributed by atoms with Gasteiger partial charge < -0.3 is 15.0 Å². The van der Waals surface area contributed by atoms with Crippen LogP contribution in [0.1, 0.15) is 21.5 Å². The normalized spacial score (nSPS) is 17.7. The van der Waals surface area contributed by atoms with Gasteiger partial charge in [-0.25, -0.2) is 0 Å². The van der Waals surface area contributed by atoms with E-state index < -0.39 is 10.6 Å². The Bertz CT molecular complexity index is 1620. The van der Waals surface area contributed by atoms with E-state index in [9.17, 15) is 19.7 Å². The van der Waals surface area contributed by atoms with Gasteiger partial charge in [-0.05, 0) is 35.9 Å². The molecule has 2 aliphatic heterocycles. The van der Waals surface area contributed by atoms with Crippen LogP contribution < -0.4 is 19.9 Å². The van der Waals surface area contributed by atoms with Gasteiger partial charge in [0, 0.05) is 23.4 Å². The predicted molar refractivity (Wildman–Crippen MR) is 142 cm³/mol. The lowest BCUT2D eigenvalue weighted by molar-refractivity contribution is -0.384. The number of carbonyl (C=O) groups is 2. The number of hydrogen-bond acceptors (Lipinski definition) is 6. The number of nitrogens with zero attached hydrogens (tertiary/aromatic N) is 3. The third-order valence-corrected chi connectivity index (χ3v) is 6.94. The van der Waals surface area contributed by atoms with Crippen molar-refractivity contribution in [3.05, 3.63) is 124 Å². The van der Waals surface area contributed by atoms with Gasteiger partial charge in [0.05, 0.1) is 35.5 Å². The Labute approximate surface area is 218 Å². The topological polar surface area (TPSA) is 105 Å². The molecule has 4 aromatic carbocycles. The number of ether oxygens (including phenoxy) is 1. The molecule has 1 atom stereocenters. The highest BCUT2D eigenvalue weighted by Gasteiger charge is 2.60. The molecule has 0 unspecified atom stereocenters. The van der Waals surface area contributed by atoms with Crippen LogP contribution in [0.3, 0.4) is 0 Å². The second-order valence-electron chi connectivity index (χ2n) is 9.03. The van der Waals surface area contributed by atoms with Crippen LogP contribution in [-0.4, -0.2) is 23.8 Å². The highest BCUT2D eigenvalue weighted by Crippen LogP contribution is 2.51. The number of carbonyl (C=O) groups excluding carboxylic acids is 2. The number of hydrogen-bond donors (Lipinski definition) is 1. The van der Waals surface area contributed by atoms with Crippen LogP contribution >= 0.6 is 0 Å². The molecule has 4 aromatic rings. The Balaban J connectivity index is 1.57. The van der Waals surface area contributed by atoms with Crippen LogP contribution in [0.5, 0.6) is 5.75 Å². The van der Waals surface area contributed by atoms with Gasteiger partial charge in [0.2, 0.25) is 5.66 Å². The number of non-ortho nitro benzene ring substituents is 1. The van der Waals surface area contributed by atoms with E-state index >= 15 is 0 Å². The maximum Gasteiger partial charge on any atom is 0.279 e. The van der Waals surface area contributed by atoms with Crippen LogP contribution in [0, 0.1) is 10.1 Å². The summed E-state index contributed by atoms with van der Waals surface area (Å²) >= 11 is 0. The fraction of sp³-hybridized carbons (Fsp3) is 0.103. The Morgan fingerprint density at radius 2 is 1.61 bits per heavy atom. The van der Waals surface area contributed by atoms with E-state index in [0.29, 0.717) is 39.5 Å². The van der Waals surface area contributed by atoms with E-state index in [-0.39, 0.29) is 24.0 Å². The van der Waals surface area contributed by atoms with Crippen molar-refractivity contribution < 1.29 is 19.2 Å². The maximum absolute atomic E-state index is 14.6. The van der Waals surface area contributed by atoms with Crippen LogP contribution in [0.4, 0.5) is 22.7 Å². The summed E-state index contributed by atoms with van der Waals surface area (Å²) in [5.41, 5.74) is 1.49. The van der Waals surface area contributed by atoms with E-state index in [1.165, 1.54) is 24.1 Å². The molecule has 2 heterocycles. The zero-order valence-electron chi connectivity index (χ0n) is 20.3. The van der Waals surface area contributed by atoms with E-state index in [4.69, 9.17) is 4.74 Å². The fourth-order valence-electron chi connectivity index (χ4n) is 5.29. The lowest BCUT2D eigenvalue weighted by Gasteiger charge is -2.45. The minimum Gasteiger partial charge on any atom is -0.495 e. The zero-order chi connectivity index (χ0) is 26.4. The van der Waals surface area contributed by atoms with Crippen molar-refractivity contribution in [1.82, 2.24) is 0 Å². The van der Waals surface area contributed by atoms with Crippen molar-refractivity contribution in [2.45, 2.75) is 12.2 Å². The number of methoxy groups -OCH3 is 1. The molecule has 2 aliphatic rings. The van der Waals surface area contributed by atoms with Gasteiger partial charge in [0.25, 0.3) is 17.5 Å². The van der Waals surface area contributed by atoms with E-state index in [1.807, 2.05) is 24.3 Å². The molecular weight excluding hydrogens is 484 g/mol. The zero-order valence-corrected chi connectivity index (χ0v) is 20.3. The van der Waals surface area contributed by atoms with Crippen LogP contribution in [-0.2, 0) is 17.0 Å². The Kier molecular flexibility index (Phi) is 5.34. The number of nitro benzene ring substituents is 1. The number of nitrogens with one attached hydrogen (secondary N) is 1. The number of fused-ring (bicyclic) bond motifs is 3. The summed E-state index contributed by atoms with van der Waals surface area (Å²) in [7, 11) is 1.51. The van der Waals surface area contributed by atoms with Crippen LogP contribution in [0.2, 0.25) is 0 Å². The van der Waals surface area contributed by atoms with Gasteiger partial charge in [-0.15, -0.1) is 0 Å². The van der Waals surface area contributed by atoms with Crippen LogP contribution in [0.15, 0.2) is 97.1 Å². The highest BCUT2D eigenvalue weighted by atomic mass is 16.6. The molecule has 0 aliphatic carbocycles. The molecule has 6 rings (SSSR count). The van der Waals surface area contributed by atoms with Gasteiger partial charge in [-0.3, -0.25) is 24.6 Å². The van der Waals surface area contributed by atoms with E-state index in [0.717, 1.165) is 0 Å². The fourth-order valence-corrected chi connectivity index (χ4v) is 5.29. The smallest absolute Gasteiger partial charge is 0.279 e. The summed E-state index contributed by atoms with van der Waals surface area (Å²) in [6.45, 7) is 0.0799. The summed E-state index contributed by atoms with van der Waals surface area (Å²) in [4.78, 5) is 42.7. The molecule has 188 valence electrons. The van der Waals surface area contributed by atoms with E-state index in [2.05, 4.69) is 5.32 Å². The molecule has 0 bridgehead atoms. The van der Waals surface area contributed by atoms with E-state index in [1.54, 1.807) is 65.6 Å². The molecule has 9 heteroatoms. The van der Waals surface area contributed by atoms with Crippen molar-refractivity contribution in [2.24, 2.45) is 0 Å². The number of nitro groups is 1. The first-order valence-corrected chi connectivity index (χ1v) is 12.0. The summed E-state index contributed by atoms with van der Waals surface area (Å²) in [5, 5.41) is 14.8. The standard InChI is InChI=1S/C29H22N4O5/c1-38-26-16-7-6-15-25(26)32-27(34)21-11-2-4-13-23(21)30-29(32)22-12-3-5-14-24(22)31(28(29)35)18-19-9-8-10-20(17-19)33(36)37/h2-17,30H,18H2,1H3/t29-/m1/s1. The maximum atomic E-state index is 14.6. The van der Waals surface area contributed by atoms with Crippen molar-refractivity contribution in [3.8, 4) is 5.75 Å². The average Bonchev–Trinajstić information content (AvgIpc) is 3.16. The minimum absolute atomic E-state index is 0.0623. The molecule has 38 heavy (non-hydrogen) atoms. The second kappa shape index (κ2) is 8.74. The Morgan fingerprint density at radius 1 is 0.895 bits per heavy atom. The number of amides is 2. The number of rotatable bonds is 5. The Morgan fingerprint density at radius 3 is 2.39 bits per heavy atom. The first-order valence-electron chi connectivity index (χ1n) is 12.0. The largest absolute Gasteiger partial charge is 0.495 e. The van der Waals surface area contributed by atoms with Crippen molar-refractivity contribution >= 4 is 34.6 Å².